The van der Waals surface area contributed by atoms with Gasteiger partial charge in [0.1, 0.15) is 6.54 Å². The van der Waals surface area contributed by atoms with Crippen molar-refractivity contribution >= 4 is 17.8 Å². The third kappa shape index (κ3) is 5.86. The molecule has 1 unspecified atom stereocenters. The topological polar surface area (TPSA) is 77.9 Å². The van der Waals surface area contributed by atoms with Crippen LogP contribution in [0.2, 0.25) is 0 Å². The molecule has 1 N–H and O–H groups in total. The van der Waals surface area contributed by atoms with Gasteiger partial charge in [-0.2, -0.15) is 0 Å². The van der Waals surface area contributed by atoms with E-state index in [1.807, 2.05) is 37.3 Å². The van der Waals surface area contributed by atoms with Gasteiger partial charge in [-0.1, -0.05) is 37.3 Å². The SMILES string of the molecule is CCCC(=O)N1CCCC(C(=O)N(CCc2ccccc2)CC(=O)O)C1. The maximum atomic E-state index is 12.9. The number of carbonyl (C=O) groups is 3. The van der Waals surface area contributed by atoms with Gasteiger partial charge in [0.15, 0.2) is 0 Å². The zero-order chi connectivity index (χ0) is 18.9. The molecule has 1 heterocycles. The lowest BCUT2D eigenvalue weighted by Crippen LogP contribution is -2.48. The van der Waals surface area contributed by atoms with Crippen LogP contribution in [0.1, 0.15) is 38.2 Å². The minimum Gasteiger partial charge on any atom is -0.480 e. The molecule has 1 aromatic rings. The first-order valence-electron chi connectivity index (χ1n) is 9.33. The maximum absolute atomic E-state index is 12.9. The number of likely N-dealkylation sites (tertiary alicyclic amines) is 1. The van der Waals surface area contributed by atoms with Crippen molar-refractivity contribution in [1.82, 2.24) is 9.80 Å². The summed E-state index contributed by atoms with van der Waals surface area (Å²) in [6.45, 7) is 3.12. The number of rotatable bonds is 8. The molecule has 0 saturated carbocycles. The number of hydrogen-bond donors (Lipinski definition) is 1. The van der Waals surface area contributed by atoms with Crippen molar-refractivity contribution in [3.63, 3.8) is 0 Å². The molecule has 0 radical (unpaired) electrons. The van der Waals surface area contributed by atoms with Gasteiger partial charge in [0.05, 0.1) is 5.92 Å². The van der Waals surface area contributed by atoms with E-state index in [4.69, 9.17) is 0 Å². The fourth-order valence-corrected chi connectivity index (χ4v) is 3.37. The molecule has 1 saturated heterocycles. The van der Waals surface area contributed by atoms with Gasteiger partial charge >= 0.3 is 5.97 Å². The zero-order valence-corrected chi connectivity index (χ0v) is 15.4. The molecule has 6 nitrogen and oxygen atoms in total. The Balaban J connectivity index is 2.00. The molecule has 1 aromatic carbocycles. The van der Waals surface area contributed by atoms with Crippen LogP contribution >= 0.6 is 0 Å². The van der Waals surface area contributed by atoms with E-state index in [2.05, 4.69) is 0 Å². The first kappa shape index (κ1) is 19.9. The number of nitrogens with zero attached hydrogens (tertiary/aromatic N) is 2. The molecule has 1 aliphatic heterocycles. The third-order valence-corrected chi connectivity index (χ3v) is 4.74. The number of amides is 2. The zero-order valence-electron chi connectivity index (χ0n) is 15.4. The monoisotopic (exact) mass is 360 g/mol. The molecule has 1 fully saturated rings. The fourth-order valence-electron chi connectivity index (χ4n) is 3.37. The van der Waals surface area contributed by atoms with E-state index in [1.54, 1.807) is 4.90 Å². The Morgan fingerprint density at radius 1 is 1.23 bits per heavy atom. The Bertz CT molecular complexity index is 617. The van der Waals surface area contributed by atoms with Gasteiger partial charge in [0.25, 0.3) is 0 Å². The number of carboxylic acid groups (broad SMARTS) is 1. The van der Waals surface area contributed by atoms with Gasteiger partial charge in [-0.15, -0.1) is 0 Å². The van der Waals surface area contributed by atoms with Crippen LogP contribution in [-0.4, -0.2) is 58.9 Å². The summed E-state index contributed by atoms with van der Waals surface area (Å²) in [6.07, 6.45) is 3.39. The molecule has 6 heteroatoms. The summed E-state index contributed by atoms with van der Waals surface area (Å²) in [5.74, 6) is -1.39. The highest BCUT2D eigenvalue weighted by Gasteiger charge is 2.31. The number of piperidine rings is 1. The van der Waals surface area contributed by atoms with Gasteiger partial charge in [-0.25, -0.2) is 0 Å². The van der Waals surface area contributed by atoms with Crippen molar-refractivity contribution in [2.75, 3.05) is 26.2 Å². The molecule has 26 heavy (non-hydrogen) atoms. The Morgan fingerprint density at radius 3 is 2.62 bits per heavy atom. The van der Waals surface area contributed by atoms with E-state index in [1.165, 1.54) is 4.90 Å². The predicted molar refractivity (Wildman–Crippen MR) is 98.6 cm³/mol. The largest absolute Gasteiger partial charge is 0.480 e. The van der Waals surface area contributed by atoms with E-state index in [-0.39, 0.29) is 24.3 Å². The van der Waals surface area contributed by atoms with Gasteiger partial charge < -0.3 is 14.9 Å². The quantitative estimate of drug-likeness (QED) is 0.771. The van der Waals surface area contributed by atoms with E-state index >= 15 is 0 Å². The van der Waals surface area contributed by atoms with Crippen LogP contribution in [0.5, 0.6) is 0 Å². The highest BCUT2D eigenvalue weighted by Crippen LogP contribution is 2.20. The molecular formula is C20H28N2O4. The van der Waals surface area contributed by atoms with E-state index in [9.17, 15) is 19.5 Å². The molecule has 0 aliphatic carbocycles. The highest BCUT2D eigenvalue weighted by atomic mass is 16.4. The minimum absolute atomic E-state index is 0.0825. The fraction of sp³-hybridized carbons (Fsp3) is 0.550. The molecule has 2 rings (SSSR count). The summed E-state index contributed by atoms with van der Waals surface area (Å²) in [5.41, 5.74) is 1.07. The lowest BCUT2D eigenvalue weighted by molar-refractivity contribution is -0.148. The van der Waals surface area contributed by atoms with Crippen LogP contribution in [0, 0.1) is 5.92 Å². The molecule has 0 bridgehead atoms. The highest BCUT2D eigenvalue weighted by molar-refractivity contribution is 5.84. The standard InChI is InChI=1S/C20H28N2O4/c1-2-7-18(23)21-12-6-10-17(14-21)20(26)22(15-19(24)25)13-11-16-8-4-3-5-9-16/h3-5,8-9,17H,2,6-7,10-15H2,1H3,(H,24,25). The lowest BCUT2D eigenvalue weighted by atomic mass is 9.95. The average Bonchev–Trinajstić information content (AvgIpc) is 2.65. The van der Waals surface area contributed by atoms with Crippen LogP contribution in [0.3, 0.4) is 0 Å². The summed E-state index contributed by atoms with van der Waals surface area (Å²) < 4.78 is 0. The molecule has 1 atom stereocenters. The van der Waals surface area contributed by atoms with Crippen LogP contribution in [-0.2, 0) is 20.8 Å². The second kappa shape index (κ2) is 9.94. The van der Waals surface area contributed by atoms with E-state index < -0.39 is 5.97 Å². The van der Waals surface area contributed by atoms with Crippen LogP contribution < -0.4 is 0 Å². The van der Waals surface area contributed by atoms with Gasteiger partial charge in [-0.05, 0) is 31.2 Å². The Hall–Kier alpha value is -2.37. The number of carbonyl (C=O) groups excluding carboxylic acids is 2. The first-order valence-corrected chi connectivity index (χ1v) is 9.33. The Kier molecular flexibility index (Phi) is 7.63. The molecule has 1 aliphatic rings. The Morgan fingerprint density at radius 2 is 1.96 bits per heavy atom. The van der Waals surface area contributed by atoms with Gasteiger partial charge in [-0.3, -0.25) is 14.4 Å². The van der Waals surface area contributed by atoms with Crippen molar-refractivity contribution in [2.24, 2.45) is 5.92 Å². The minimum atomic E-state index is -1.01. The summed E-state index contributed by atoms with van der Waals surface area (Å²) in [4.78, 5) is 39.4. The van der Waals surface area contributed by atoms with Crippen molar-refractivity contribution in [3.05, 3.63) is 35.9 Å². The van der Waals surface area contributed by atoms with Gasteiger partial charge in [0, 0.05) is 26.1 Å². The van der Waals surface area contributed by atoms with Crippen molar-refractivity contribution in [1.29, 1.82) is 0 Å². The third-order valence-electron chi connectivity index (χ3n) is 4.74. The summed E-state index contributed by atoms with van der Waals surface area (Å²) in [6, 6.07) is 9.71. The number of aliphatic carboxylic acids is 1. The molecule has 2 amide bonds. The number of hydrogen-bond acceptors (Lipinski definition) is 3. The average molecular weight is 360 g/mol. The van der Waals surface area contributed by atoms with Crippen molar-refractivity contribution in [2.45, 2.75) is 39.0 Å². The van der Waals surface area contributed by atoms with Gasteiger partial charge in [0.2, 0.25) is 11.8 Å². The molecule has 0 aromatic heterocycles. The Labute approximate surface area is 154 Å². The predicted octanol–water partition coefficient (Wildman–Crippen LogP) is 2.18. The smallest absolute Gasteiger partial charge is 0.323 e. The molecule has 0 spiro atoms. The normalized spacial score (nSPS) is 17.0. The van der Waals surface area contributed by atoms with Crippen LogP contribution in [0.4, 0.5) is 0 Å². The second-order valence-electron chi connectivity index (χ2n) is 6.82. The summed E-state index contributed by atoms with van der Waals surface area (Å²) >= 11 is 0. The number of benzene rings is 1. The van der Waals surface area contributed by atoms with E-state index in [0.29, 0.717) is 38.9 Å². The summed E-state index contributed by atoms with van der Waals surface area (Å²) in [7, 11) is 0. The lowest BCUT2D eigenvalue weighted by Gasteiger charge is -2.34. The molecular weight excluding hydrogens is 332 g/mol. The van der Waals surface area contributed by atoms with Crippen molar-refractivity contribution in [3.8, 4) is 0 Å². The van der Waals surface area contributed by atoms with Crippen LogP contribution in [0.25, 0.3) is 0 Å². The first-order chi connectivity index (χ1) is 12.5. The number of carboxylic acids is 1. The summed E-state index contributed by atoms with van der Waals surface area (Å²) in [5, 5.41) is 9.18. The van der Waals surface area contributed by atoms with Crippen LogP contribution in [0.15, 0.2) is 30.3 Å². The van der Waals surface area contributed by atoms with E-state index in [0.717, 1.165) is 18.4 Å². The van der Waals surface area contributed by atoms with Crippen molar-refractivity contribution < 1.29 is 19.5 Å². The maximum Gasteiger partial charge on any atom is 0.323 e. The second-order valence-corrected chi connectivity index (χ2v) is 6.82. The molecule has 142 valence electrons.